The molecular formula is C29H39Br3N8O6. The Hall–Kier alpha value is -3.54. The maximum atomic E-state index is 10.9. The number of hydrogen-bond donors (Lipinski definition) is 2. The van der Waals surface area contributed by atoms with E-state index >= 15 is 0 Å². The third kappa shape index (κ3) is 12.3. The molecule has 0 radical (unpaired) electrons. The van der Waals surface area contributed by atoms with E-state index in [2.05, 4.69) is 72.8 Å². The number of ether oxygens (including phenoxy) is 1. The molecule has 4 aromatic heterocycles. The van der Waals surface area contributed by atoms with E-state index in [4.69, 9.17) is 4.74 Å². The fourth-order valence-corrected chi connectivity index (χ4v) is 4.72. The number of aryl methyl sites for hydroxylation is 2. The fourth-order valence-electron chi connectivity index (χ4n) is 3.59. The third-order valence-corrected chi connectivity index (χ3v) is 7.92. The summed E-state index contributed by atoms with van der Waals surface area (Å²) < 4.78 is 7.06. The molecule has 0 spiro atoms. The van der Waals surface area contributed by atoms with Gasteiger partial charge in [-0.25, -0.2) is 0 Å². The number of nitro groups is 2. The normalized spacial score (nSPS) is 11.5. The van der Waals surface area contributed by atoms with Gasteiger partial charge in [0.25, 0.3) is 5.69 Å². The second-order valence-electron chi connectivity index (χ2n) is 9.28. The first-order valence-corrected chi connectivity index (χ1v) is 15.3. The van der Waals surface area contributed by atoms with Crippen LogP contribution in [0.5, 0.6) is 0 Å². The molecule has 0 aliphatic carbocycles. The molecule has 4 aromatic rings. The molecule has 0 atom stereocenters. The minimum Gasteiger partial charge on any atom is -0.381 e. The van der Waals surface area contributed by atoms with Gasteiger partial charge in [-0.1, -0.05) is 14.9 Å². The number of hydrogen-bond acceptors (Lipinski definition) is 10. The fraction of sp³-hybridized carbons (Fsp3) is 0.379. The average molecular weight is 835 g/mol. The summed E-state index contributed by atoms with van der Waals surface area (Å²) in [7, 11) is 3.48. The number of aromatic amines is 2. The van der Waals surface area contributed by atoms with Crippen molar-refractivity contribution in [3.8, 4) is 0 Å². The second-order valence-corrected chi connectivity index (χ2v) is 11.8. The van der Waals surface area contributed by atoms with Crippen molar-refractivity contribution in [2.75, 3.05) is 27.3 Å². The van der Waals surface area contributed by atoms with E-state index in [1.807, 2.05) is 25.4 Å². The van der Waals surface area contributed by atoms with E-state index in [9.17, 15) is 25.0 Å². The Balaban J connectivity index is 0.000000608. The van der Waals surface area contributed by atoms with E-state index in [0.717, 1.165) is 28.9 Å². The van der Waals surface area contributed by atoms with Gasteiger partial charge in [-0.15, -0.1) is 0 Å². The Morgan fingerprint density at radius 2 is 1.48 bits per heavy atom. The van der Waals surface area contributed by atoms with E-state index in [-0.39, 0.29) is 20.5 Å². The SMILES string of the molecule is C.C.C1CCOC1.Cc1c(Br)c[nH]c(=O)c1[N+](=O)[O-].Cc1ncc(Br)c(/C=N/N(C)C)c1[N+](=O)[O-].Cc1ncc(Br)c2cc[nH]c12. The van der Waals surface area contributed by atoms with Crippen molar-refractivity contribution in [1.29, 1.82) is 0 Å². The molecular weight excluding hydrogens is 796 g/mol. The van der Waals surface area contributed by atoms with Crippen LogP contribution in [0.2, 0.25) is 0 Å². The summed E-state index contributed by atoms with van der Waals surface area (Å²) in [6.07, 6.45) is 10.6. The first-order chi connectivity index (χ1) is 20.8. The monoisotopic (exact) mass is 832 g/mol. The number of aromatic nitrogens is 4. The first kappa shape index (κ1) is 42.5. The lowest BCUT2D eigenvalue weighted by molar-refractivity contribution is -0.387. The molecule has 1 saturated heterocycles. The van der Waals surface area contributed by atoms with Crippen molar-refractivity contribution in [1.82, 2.24) is 24.9 Å². The van der Waals surface area contributed by atoms with Gasteiger partial charge >= 0.3 is 11.2 Å². The highest BCUT2D eigenvalue weighted by Crippen LogP contribution is 2.27. The molecule has 14 nitrogen and oxygen atoms in total. The Kier molecular flexibility index (Phi) is 19.0. The number of H-pyrrole nitrogens is 2. The molecule has 252 valence electrons. The highest BCUT2D eigenvalue weighted by Gasteiger charge is 2.20. The maximum Gasteiger partial charge on any atom is 0.337 e. The molecule has 1 aliphatic heterocycles. The molecule has 0 bridgehead atoms. The summed E-state index contributed by atoms with van der Waals surface area (Å²) in [5, 5.41) is 28.0. The predicted molar refractivity (Wildman–Crippen MR) is 193 cm³/mol. The minimum atomic E-state index is -0.696. The summed E-state index contributed by atoms with van der Waals surface area (Å²) in [6, 6.07) is 2.04. The average Bonchev–Trinajstić information content (AvgIpc) is 3.70. The quantitative estimate of drug-likeness (QED) is 0.117. The predicted octanol–water partition coefficient (Wildman–Crippen LogP) is 8.01. The topological polar surface area (TPSA) is 186 Å². The Labute approximate surface area is 292 Å². The minimum absolute atomic E-state index is 0. The van der Waals surface area contributed by atoms with Gasteiger partial charge in [0.1, 0.15) is 5.69 Å². The van der Waals surface area contributed by atoms with E-state index in [1.54, 1.807) is 26.0 Å². The molecule has 17 heteroatoms. The number of halogens is 3. The van der Waals surface area contributed by atoms with Crippen LogP contribution in [-0.2, 0) is 4.74 Å². The van der Waals surface area contributed by atoms with Crippen LogP contribution in [0.15, 0.2) is 54.2 Å². The van der Waals surface area contributed by atoms with Gasteiger partial charge in [-0.2, -0.15) is 5.10 Å². The summed E-state index contributed by atoms with van der Waals surface area (Å²) in [4.78, 5) is 44.5. The molecule has 0 unspecified atom stereocenters. The van der Waals surface area contributed by atoms with Crippen LogP contribution in [-0.4, -0.2) is 68.3 Å². The van der Waals surface area contributed by atoms with Crippen LogP contribution in [0.25, 0.3) is 10.9 Å². The highest BCUT2D eigenvalue weighted by molar-refractivity contribution is 9.11. The summed E-state index contributed by atoms with van der Waals surface area (Å²) in [5.74, 6) is 0. The van der Waals surface area contributed by atoms with Crippen LogP contribution in [0.3, 0.4) is 0 Å². The molecule has 0 aromatic carbocycles. The van der Waals surface area contributed by atoms with Gasteiger partial charge < -0.3 is 19.7 Å². The van der Waals surface area contributed by atoms with Gasteiger partial charge in [0.15, 0.2) is 0 Å². The summed E-state index contributed by atoms with van der Waals surface area (Å²) in [6.45, 7) is 7.10. The molecule has 5 rings (SSSR count). The molecule has 0 amide bonds. The van der Waals surface area contributed by atoms with Crippen molar-refractivity contribution in [3.05, 3.63) is 97.4 Å². The zero-order valence-corrected chi connectivity index (χ0v) is 29.3. The summed E-state index contributed by atoms with van der Waals surface area (Å²) >= 11 is 9.72. The standard InChI is InChI=1S/C9H11BrN4O2.C8H7BrN2.C6H5BrN2O3.C4H8O.2CH4/c1-6-9(14(15)16)7(4-12-13(2)3)8(10)5-11-6;1-5-8-6(2-3-10-8)7(9)4-11-5;1-3-4(7)2-8-6(10)5(3)9(11)12;1-2-4-5-3-1;;/h4-5H,1-3H3;2-4,10H,1H3;2H,1H3,(H,8,10);1-4H2;2*1H4/b12-4+;;;;;. The van der Waals surface area contributed by atoms with Crippen molar-refractivity contribution in [3.63, 3.8) is 0 Å². The third-order valence-electron chi connectivity index (χ3n) is 5.83. The maximum absolute atomic E-state index is 10.9. The molecule has 1 aliphatic rings. The van der Waals surface area contributed by atoms with E-state index < -0.39 is 21.1 Å². The van der Waals surface area contributed by atoms with Crippen LogP contribution in [0, 0.1) is 41.0 Å². The van der Waals surface area contributed by atoms with Crippen LogP contribution < -0.4 is 5.56 Å². The molecule has 46 heavy (non-hydrogen) atoms. The smallest absolute Gasteiger partial charge is 0.337 e. The number of hydrazone groups is 1. The van der Waals surface area contributed by atoms with Crippen molar-refractivity contribution in [2.24, 2.45) is 5.10 Å². The number of fused-ring (bicyclic) bond motifs is 1. The molecule has 1 fully saturated rings. The van der Waals surface area contributed by atoms with Gasteiger partial charge in [0.2, 0.25) is 0 Å². The number of rotatable bonds is 4. The molecule has 0 saturated carbocycles. The van der Waals surface area contributed by atoms with Gasteiger partial charge in [-0.3, -0.25) is 35.0 Å². The zero-order valence-electron chi connectivity index (χ0n) is 24.6. The van der Waals surface area contributed by atoms with Crippen molar-refractivity contribution >= 4 is 76.3 Å². The Bertz CT molecular complexity index is 1640. The Morgan fingerprint density at radius 1 is 0.913 bits per heavy atom. The van der Waals surface area contributed by atoms with E-state index in [1.165, 1.54) is 43.8 Å². The lowest BCUT2D eigenvalue weighted by atomic mass is 10.2. The van der Waals surface area contributed by atoms with Crippen LogP contribution in [0.1, 0.15) is 50.2 Å². The lowest BCUT2D eigenvalue weighted by Gasteiger charge is -2.05. The summed E-state index contributed by atoms with van der Waals surface area (Å²) in [5.41, 5.74) is 2.15. The van der Waals surface area contributed by atoms with Crippen LogP contribution in [0.4, 0.5) is 11.4 Å². The van der Waals surface area contributed by atoms with Crippen molar-refractivity contribution in [2.45, 2.75) is 48.5 Å². The number of nitrogens with zero attached hydrogens (tertiary/aromatic N) is 6. The van der Waals surface area contributed by atoms with Gasteiger partial charge in [0.05, 0.1) is 37.3 Å². The molecule has 5 heterocycles. The highest BCUT2D eigenvalue weighted by atomic mass is 79.9. The van der Waals surface area contributed by atoms with Crippen LogP contribution >= 0.6 is 47.8 Å². The zero-order chi connectivity index (χ0) is 33.0. The van der Waals surface area contributed by atoms with Crippen molar-refractivity contribution < 1.29 is 14.6 Å². The van der Waals surface area contributed by atoms with Gasteiger partial charge in [-0.05, 0) is 87.5 Å². The van der Waals surface area contributed by atoms with E-state index in [0.29, 0.717) is 25.8 Å². The number of pyridine rings is 3. The lowest BCUT2D eigenvalue weighted by Crippen LogP contribution is -2.12. The second kappa shape index (κ2) is 20.6. The van der Waals surface area contributed by atoms with Gasteiger partial charge in [0, 0.05) is 72.0 Å². The Morgan fingerprint density at radius 3 is 1.96 bits per heavy atom. The number of nitrogens with one attached hydrogen (secondary N) is 2. The first-order valence-electron chi connectivity index (χ1n) is 12.9. The largest absolute Gasteiger partial charge is 0.381 e. The molecule has 2 N–H and O–H groups in total.